The molecule has 1 unspecified atom stereocenters. The maximum absolute atomic E-state index is 11.8. The van der Waals surface area contributed by atoms with Gasteiger partial charge in [0, 0.05) is 6.54 Å². The molecule has 0 fully saturated rings. The molecule has 10 heteroatoms. The molecule has 0 bridgehead atoms. The van der Waals surface area contributed by atoms with Crippen molar-refractivity contribution in [3.63, 3.8) is 0 Å². The molecule has 0 spiro atoms. The summed E-state index contributed by atoms with van der Waals surface area (Å²) in [6.07, 6.45) is 19.3. The van der Waals surface area contributed by atoms with Crippen LogP contribution in [-0.4, -0.2) is 36.6 Å². The Morgan fingerprint density at radius 1 is 0.750 bits per heavy atom. The molecule has 0 rings (SSSR count). The average molecular weight is 495 g/mol. The zero-order valence-corrected chi connectivity index (χ0v) is 25.7. The Balaban J connectivity index is -0.00000420. The molecule has 32 heavy (non-hydrogen) atoms. The number of amides is 2. The number of unbranched alkanes of at least 4 members (excludes halogenated alkanes) is 15. The molecule has 0 aliphatic rings. The second kappa shape index (κ2) is 25.0. The predicted molar refractivity (Wildman–Crippen MR) is 122 cm³/mol. The number of hydrogen-bond donors (Lipinski definition) is 3. The third kappa shape index (κ3) is 24.0. The summed E-state index contributed by atoms with van der Waals surface area (Å²) in [7, 11) is -4.65. The molecule has 0 heterocycles. The fourth-order valence-corrected chi connectivity index (χ4v) is 4.24. The van der Waals surface area contributed by atoms with Gasteiger partial charge in [0.15, 0.2) is 5.25 Å². The minimum atomic E-state index is -4.65. The Kier molecular flexibility index (Phi) is 29.2. The van der Waals surface area contributed by atoms with Gasteiger partial charge in [-0.2, -0.15) is 8.42 Å². The zero-order valence-electron chi connectivity index (χ0n) is 20.9. The van der Waals surface area contributed by atoms with Crippen LogP contribution in [0.2, 0.25) is 0 Å². The number of rotatable bonds is 21. The summed E-state index contributed by atoms with van der Waals surface area (Å²) >= 11 is 0. The third-order valence-electron chi connectivity index (χ3n) is 5.37. The molecule has 0 aromatic heterocycles. The summed E-state index contributed by atoms with van der Waals surface area (Å²) in [5.41, 5.74) is 4.93. The van der Waals surface area contributed by atoms with E-state index < -0.39 is 33.6 Å². The van der Waals surface area contributed by atoms with Gasteiger partial charge < -0.3 is 11.1 Å². The molecule has 7 nitrogen and oxygen atoms in total. The van der Waals surface area contributed by atoms with E-state index in [-0.39, 0.29) is 59.1 Å². The van der Waals surface area contributed by atoms with Crippen LogP contribution in [0.3, 0.4) is 0 Å². The zero-order chi connectivity index (χ0) is 22.7. The van der Waals surface area contributed by atoms with E-state index in [2.05, 4.69) is 12.2 Å². The van der Waals surface area contributed by atoms with Gasteiger partial charge in [-0.15, -0.1) is 0 Å². The molecule has 0 radical (unpaired) electrons. The van der Waals surface area contributed by atoms with Crippen molar-refractivity contribution in [2.75, 3.05) is 6.54 Å². The van der Waals surface area contributed by atoms with Crippen molar-refractivity contribution in [2.45, 2.75) is 121 Å². The van der Waals surface area contributed by atoms with Gasteiger partial charge in [-0.05, 0) is 6.42 Å². The summed E-state index contributed by atoms with van der Waals surface area (Å²) in [5.74, 6) is -1.83. The molecule has 0 aromatic rings. The van der Waals surface area contributed by atoms with Crippen molar-refractivity contribution in [1.29, 1.82) is 0 Å². The van der Waals surface area contributed by atoms with Crippen molar-refractivity contribution < 1.29 is 81.7 Å². The van der Waals surface area contributed by atoms with Crippen LogP contribution in [-0.2, 0) is 19.7 Å². The minimum Gasteiger partial charge on any atom is -0.370 e. The SMILES string of the molecule is CCCCCCCCCCCCCCCCCCNC(=O)C(CC(N)=O)S(=O)(=O)O.[Na+].[Na+]. The van der Waals surface area contributed by atoms with Crippen LogP contribution in [0.15, 0.2) is 0 Å². The number of primary amides is 1. The number of carbonyl (C=O) groups is 2. The number of nitrogens with one attached hydrogen (secondary N) is 1. The quantitative estimate of drug-likeness (QED) is 0.102. The van der Waals surface area contributed by atoms with E-state index in [1.54, 1.807) is 0 Å². The topological polar surface area (TPSA) is 127 Å². The predicted octanol–water partition coefficient (Wildman–Crippen LogP) is -1.50. The Hall–Kier alpha value is 0.850. The molecule has 0 aliphatic heterocycles. The molecule has 2 amide bonds. The molecule has 1 atom stereocenters. The van der Waals surface area contributed by atoms with Gasteiger partial charge in [-0.3, -0.25) is 14.1 Å². The first-order valence-electron chi connectivity index (χ1n) is 11.8. The van der Waals surface area contributed by atoms with Gasteiger partial charge in [0.1, 0.15) is 0 Å². The van der Waals surface area contributed by atoms with Crippen molar-refractivity contribution in [3.05, 3.63) is 0 Å². The van der Waals surface area contributed by atoms with Crippen molar-refractivity contribution >= 4 is 21.9 Å². The Morgan fingerprint density at radius 3 is 1.41 bits per heavy atom. The van der Waals surface area contributed by atoms with Crippen LogP contribution in [0.5, 0.6) is 0 Å². The molecule has 4 N–H and O–H groups in total. The van der Waals surface area contributed by atoms with Gasteiger partial charge in [0.25, 0.3) is 10.1 Å². The largest absolute Gasteiger partial charge is 1.00 e. The Bertz CT molecular complexity index is 563. The van der Waals surface area contributed by atoms with E-state index in [0.29, 0.717) is 6.54 Å². The second-order valence-electron chi connectivity index (χ2n) is 8.27. The fraction of sp³-hybridized carbons (Fsp3) is 0.909. The van der Waals surface area contributed by atoms with Crippen molar-refractivity contribution in [2.24, 2.45) is 5.73 Å². The molecular weight excluding hydrogens is 450 g/mol. The fourth-order valence-electron chi connectivity index (χ4n) is 3.51. The maximum atomic E-state index is 11.8. The third-order valence-corrected chi connectivity index (χ3v) is 6.47. The van der Waals surface area contributed by atoms with E-state index in [1.165, 1.54) is 83.5 Å². The molecular formula is C22H44N2Na2O5S+2. The normalized spacial score (nSPS) is 11.8. The second-order valence-corrected chi connectivity index (χ2v) is 9.87. The summed E-state index contributed by atoms with van der Waals surface area (Å²) in [6.45, 7) is 2.57. The maximum Gasteiger partial charge on any atom is 1.00 e. The van der Waals surface area contributed by atoms with Crippen LogP contribution in [0.4, 0.5) is 0 Å². The summed E-state index contributed by atoms with van der Waals surface area (Å²) in [4.78, 5) is 22.7. The summed E-state index contributed by atoms with van der Waals surface area (Å²) < 4.78 is 31.4. The van der Waals surface area contributed by atoms with E-state index in [1.807, 2.05) is 0 Å². The van der Waals surface area contributed by atoms with E-state index in [0.717, 1.165) is 19.3 Å². The first-order valence-corrected chi connectivity index (χ1v) is 13.3. The van der Waals surface area contributed by atoms with Crippen molar-refractivity contribution in [3.8, 4) is 0 Å². The van der Waals surface area contributed by atoms with Crippen LogP contribution >= 0.6 is 0 Å². The molecule has 0 aliphatic carbocycles. The Morgan fingerprint density at radius 2 is 1.09 bits per heavy atom. The van der Waals surface area contributed by atoms with Gasteiger partial charge in [-0.1, -0.05) is 103 Å². The monoisotopic (exact) mass is 494 g/mol. The van der Waals surface area contributed by atoms with Gasteiger partial charge >= 0.3 is 59.1 Å². The number of carbonyl (C=O) groups excluding carboxylic acids is 2. The molecule has 0 aromatic carbocycles. The number of hydrogen-bond acceptors (Lipinski definition) is 4. The van der Waals surface area contributed by atoms with Crippen LogP contribution in [0.25, 0.3) is 0 Å². The van der Waals surface area contributed by atoms with E-state index in [9.17, 15) is 18.0 Å². The van der Waals surface area contributed by atoms with Crippen molar-refractivity contribution in [1.82, 2.24) is 5.32 Å². The summed E-state index contributed by atoms with van der Waals surface area (Å²) in [6, 6.07) is 0. The Labute approximate surface area is 240 Å². The minimum absolute atomic E-state index is 0. The summed E-state index contributed by atoms with van der Waals surface area (Å²) in [5, 5.41) is 0.635. The first-order chi connectivity index (χ1) is 14.3. The van der Waals surface area contributed by atoms with Crippen LogP contribution in [0.1, 0.15) is 116 Å². The molecule has 0 saturated carbocycles. The van der Waals surface area contributed by atoms with Crippen LogP contribution in [0, 0.1) is 0 Å². The number of nitrogens with two attached hydrogens (primary N) is 1. The van der Waals surface area contributed by atoms with Gasteiger partial charge in [0.05, 0.1) is 6.42 Å². The first kappa shape index (κ1) is 37.4. The van der Waals surface area contributed by atoms with Gasteiger partial charge in [-0.25, -0.2) is 0 Å². The van der Waals surface area contributed by atoms with Gasteiger partial charge in [0.2, 0.25) is 11.8 Å². The standard InChI is InChI=1S/C22H44N2O5S.2Na/c1-2-3-4-5-6-7-8-9-10-11-12-13-14-15-16-17-18-24-22(26)20(19-21(23)25)30(27,28)29;;/h20H,2-19H2,1H3,(H2,23,25)(H,24,26)(H,27,28,29);;/q;2*+1. The average Bonchev–Trinajstić information content (AvgIpc) is 2.67. The molecule has 0 saturated heterocycles. The van der Waals surface area contributed by atoms with E-state index in [4.69, 9.17) is 10.3 Å². The van der Waals surface area contributed by atoms with Crippen LogP contribution < -0.4 is 70.2 Å². The molecule has 178 valence electrons. The van der Waals surface area contributed by atoms with E-state index >= 15 is 0 Å². The smallest absolute Gasteiger partial charge is 0.370 e.